The molecule has 1 aromatic carbocycles. The molecule has 0 bridgehead atoms. The van der Waals surface area contributed by atoms with Gasteiger partial charge in [0, 0.05) is 0 Å². The average Bonchev–Trinajstić information content (AvgIpc) is 2.47. The van der Waals surface area contributed by atoms with Crippen LogP contribution >= 0.6 is 0 Å². The molecule has 4 heteroatoms. The van der Waals surface area contributed by atoms with Crippen LogP contribution in [0.15, 0.2) is 29.9 Å². The second kappa shape index (κ2) is 7.34. The highest BCUT2D eigenvalue weighted by Gasteiger charge is 2.19. The van der Waals surface area contributed by atoms with Gasteiger partial charge < -0.3 is 5.11 Å². The van der Waals surface area contributed by atoms with E-state index in [1.165, 1.54) is 24.8 Å². The first kappa shape index (κ1) is 16.4. The zero-order chi connectivity index (χ0) is 16.1. The summed E-state index contributed by atoms with van der Waals surface area (Å²) < 4.78 is 27.5. The van der Waals surface area contributed by atoms with Crippen LogP contribution in [0.25, 0.3) is 5.57 Å². The molecular formula is C18H20F2O2. The van der Waals surface area contributed by atoms with E-state index in [1.807, 2.05) is 12.2 Å². The lowest BCUT2D eigenvalue weighted by atomic mass is 9.90. The van der Waals surface area contributed by atoms with Crippen molar-refractivity contribution in [3.63, 3.8) is 0 Å². The maximum atomic E-state index is 13.7. The Morgan fingerprint density at radius 2 is 1.82 bits per heavy atom. The molecule has 22 heavy (non-hydrogen) atoms. The van der Waals surface area contributed by atoms with Crippen LogP contribution in [0.2, 0.25) is 0 Å². The van der Waals surface area contributed by atoms with Gasteiger partial charge in [0.05, 0.1) is 0 Å². The van der Waals surface area contributed by atoms with E-state index in [1.54, 1.807) is 0 Å². The summed E-state index contributed by atoms with van der Waals surface area (Å²) >= 11 is 0. The topological polar surface area (TPSA) is 37.3 Å². The van der Waals surface area contributed by atoms with Crippen LogP contribution in [0, 0.1) is 11.6 Å². The normalized spacial score (nSPS) is 14.5. The molecule has 0 spiro atoms. The van der Waals surface area contributed by atoms with Gasteiger partial charge in [-0.1, -0.05) is 37.5 Å². The average molecular weight is 306 g/mol. The standard InChI is InChI=1S/C18H20F2O2/c1-2-3-4-5-12-6-8-13(9-7-12)14-10-15(19)17(18(21)22)16(20)11-14/h6,8,10-11H,2-5,7,9H2,1H3,(H,21,22). The van der Waals surface area contributed by atoms with E-state index in [-0.39, 0.29) is 0 Å². The van der Waals surface area contributed by atoms with Gasteiger partial charge in [0.2, 0.25) is 0 Å². The van der Waals surface area contributed by atoms with Crippen molar-refractivity contribution in [1.29, 1.82) is 0 Å². The molecule has 2 nitrogen and oxygen atoms in total. The zero-order valence-corrected chi connectivity index (χ0v) is 12.7. The number of carboxylic acid groups (broad SMARTS) is 1. The van der Waals surface area contributed by atoms with E-state index in [4.69, 9.17) is 5.11 Å². The number of rotatable bonds is 6. The molecule has 1 aliphatic carbocycles. The summed E-state index contributed by atoms with van der Waals surface area (Å²) in [4.78, 5) is 10.8. The van der Waals surface area contributed by atoms with Crippen molar-refractivity contribution in [1.82, 2.24) is 0 Å². The van der Waals surface area contributed by atoms with Gasteiger partial charge in [-0.15, -0.1) is 0 Å². The first-order valence-electron chi connectivity index (χ1n) is 7.64. The fourth-order valence-electron chi connectivity index (χ4n) is 2.69. The van der Waals surface area contributed by atoms with Crippen LogP contribution in [0.1, 0.15) is 61.4 Å². The minimum atomic E-state index is -1.59. The van der Waals surface area contributed by atoms with Crippen LogP contribution in [0.5, 0.6) is 0 Å². The van der Waals surface area contributed by atoms with Crippen LogP contribution in [0.4, 0.5) is 8.78 Å². The van der Waals surface area contributed by atoms with Crippen molar-refractivity contribution < 1.29 is 18.7 Å². The Balaban J connectivity index is 2.18. The lowest BCUT2D eigenvalue weighted by Crippen LogP contribution is -2.06. The van der Waals surface area contributed by atoms with Crippen LogP contribution in [-0.4, -0.2) is 11.1 Å². The fourth-order valence-corrected chi connectivity index (χ4v) is 2.69. The summed E-state index contributed by atoms with van der Waals surface area (Å²) in [6.45, 7) is 2.16. The summed E-state index contributed by atoms with van der Waals surface area (Å²) in [5, 5.41) is 8.78. The number of carboxylic acids is 1. The Labute approximate surface area is 129 Å². The number of unbranched alkanes of at least 4 members (excludes halogenated alkanes) is 2. The Morgan fingerprint density at radius 1 is 1.14 bits per heavy atom. The molecular weight excluding hydrogens is 286 g/mol. The molecule has 1 N–H and O–H groups in total. The number of hydrogen-bond acceptors (Lipinski definition) is 1. The van der Waals surface area contributed by atoms with Crippen LogP contribution < -0.4 is 0 Å². The lowest BCUT2D eigenvalue weighted by Gasteiger charge is -2.15. The number of halogens is 2. The van der Waals surface area contributed by atoms with Gasteiger partial charge in [0.15, 0.2) is 0 Å². The second-order valence-corrected chi connectivity index (χ2v) is 5.59. The molecule has 2 rings (SSSR count). The molecule has 0 saturated heterocycles. The number of aromatic carboxylic acids is 1. The molecule has 1 aliphatic rings. The maximum Gasteiger partial charge on any atom is 0.341 e. The molecule has 0 heterocycles. The number of hydrogen-bond donors (Lipinski definition) is 1. The Morgan fingerprint density at radius 3 is 2.32 bits per heavy atom. The van der Waals surface area contributed by atoms with Crippen LogP contribution in [0.3, 0.4) is 0 Å². The van der Waals surface area contributed by atoms with Crippen molar-refractivity contribution in [3.8, 4) is 0 Å². The van der Waals surface area contributed by atoms with Gasteiger partial charge in [-0.05, 0) is 49.0 Å². The molecule has 0 unspecified atom stereocenters. The van der Waals surface area contributed by atoms with Crippen molar-refractivity contribution in [3.05, 3.63) is 52.6 Å². The highest BCUT2D eigenvalue weighted by molar-refractivity contribution is 5.89. The molecule has 1 aromatic rings. The van der Waals surface area contributed by atoms with E-state index < -0.39 is 23.2 Å². The Hall–Kier alpha value is -1.97. The Bertz CT molecular complexity index is 607. The van der Waals surface area contributed by atoms with Gasteiger partial charge in [-0.25, -0.2) is 13.6 Å². The van der Waals surface area contributed by atoms with Gasteiger partial charge in [-0.3, -0.25) is 0 Å². The van der Waals surface area contributed by atoms with E-state index in [0.29, 0.717) is 5.56 Å². The second-order valence-electron chi connectivity index (χ2n) is 5.59. The zero-order valence-electron chi connectivity index (χ0n) is 12.7. The smallest absolute Gasteiger partial charge is 0.341 e. The summed E-state index contributed by atoms with van der Waals surface area (Å²) in [7, 11) is 0. The molecule has 0 aromatic heterocycles. The van der Waals surface area contributed by atoms with E-state index in [9.17, 15) is 13.6 Å². The molecule has 0 atom stereocenters. The summed E-state index contributed by atoms with van der Waals surface area (Å²) in [6, 6.07) is 2.21. The van der Waals surface area contributed by atoms with E-state index in [2.05, 4.69) is 6.92 Å². The van der Waals surface area contributed by atoms with Gasteiger partial charge in [0.25, 0.3) is 0 Å². The quantitative estimate of drug-likeness (QED) is 0.720. The van der Waals surface area contributed by atoms with E-state index >= 15 is 0 Å². The molecule has 0 fully saturated rings. The summed E-state index contributed by atoms with van der Waals surface area (Å²) in [6.07, 6.45) is 10.2. The van der Waals surface area contributed by atoms with Gasteiger partial charge in [-0.2, -0.15) is 0 Å². The summed E-state index contributed by atoms with van der Waals surface area (Å²) in [5.41, 5.74) is 1.73. The third-order valence-corrected chi connectivity index (χ3v) is 3.96. The highest BCUT2D eigenvalue weighted by Crippen LogP contribution is 2.30. The number of carbonyl (C=O) groups is 1. The first-order valence-corrected chi connectivity index (χ1v) is 7.64. The van der Waals surface area contributed by atoms with Gasteiger partial charge >= 0.3 is 5.97 Å². The molecule has 0 amide bonds. The fraction of sp³-hybridized carbons (Fsp3) is 0.389. The SMILES string of the molecule is CCCCCC1=CC=C(c2cc(F)c(C(=O)O)c(F)c2)CC1. The number of benzene rings is 1. The molecule has 0 saturated carbocycles. The minimum Gasteiger partial charge on any atom is -0.477 e. The predicted octanol–water partition coefficient (Wildman–Crippen LogP) is 5.35. The number of allylic oxidation sites excluding steroid dienone is 4. The Kier molecular flexibility index (Phi) is 5.47. The van der Waals surface area contributed by atoms with Crippen molar-refractivity contribution >= 4 is 11.5 Å². The molecule has 0 aliphatic heterocycles. The molecule has 0 radical (unpaired) electrons. The van der Waals surface area contributed by atoms with Crippen molar-refractivity contribution in [2.75, 3.05) is 0 Å². The minimum absolute atomic E-state index is 0.420. The predicted molar refractivity (Wildman–Crippen MR) is 82.8 cm³/mol. The van der Waals surface area contributed by atoms with Crippen molar-refractivity contribution in [2.45, 2.75) is 45.4 Å². The highest BCUT2D eigenvalue weighted by atomic mass is 19.1. The monoisotopic (exact) mass is 306 g/mol. The van der Waals surface area contributed by atoms with E-state index in [0.717, 1.165) is 37.0 Å². The van der Waals surface area contributed by atoms with Crippen LogP contribution in [-0.2, 0) is 0 Å². The largest absolute Gasteiger partial charge is 0.477 e. The molecule has 118 valence electrons. The first-order chi connectivity index (χ1) is 10.5. The van der Waals surface area contributed by atoms with Crippen molar-refractivity contribution in [2.24, 2.45) is 0 Å². The van der Waals surface area contributed by atoms with Gasteiger partial charge in [0.1, 0.15) is 17.2 Å². The third-order valence-electron chi connectivity index (χ3n) is 3.96. The lowest BCUT2D eigenvalue weighted by molar-refractivity contribution is 0.0686. The summed E-state index contributed by atoms with van der Waals surface area (Å²) in [5.74, 6) is -3.64. The third kappa shape index (κ3) is 3.81. The maximum absolute atomic E-state index is 13.7.